The van der Waals surface area contributed by atoms with Crippen LogP contribution < -0.4 is 10.2 Å². The van der Waals surface area contributed by atoms with Crippen LogP contribution in [0.2, 0.25) is 0 Å². The van der Waals surface area contributed by atoms with Gasteiger partial charge in [-0.05, 0) is 32.4 Å². The molecule has 0 fully saturated rings. The van der Waals surface area contributed by atoms with Crippen molar-refractivity contribution in [3.63, 3.8) is 0 Å². The van der Waals surface area contributed by atoms with Crippen molar-refractivity contribution >= 4 is 56.4 Å². The van der Waals surface area contributed by atoms with Crippen LogP contribution in [0.1, 0.15) is 30.5 Å². The molecular formula is C24H22ClN3S. The van der Waals surface area contributed by atoms with Crippen LogP contribution in [0.3, 0.4) is 0 Å². The molecule has 0 atom stereocenters. The molecule has 0 radical (unpaired) electrons. The number of nitrogens with one attached hydrogen (secondary N) is 1. The minimum atomic E-state index is 0.751. The molecular weight excluding hydrogens is 398 g/mol. The van der Waals surface area contributed by atoms with Gasteiger partial charge in [0, 0.05) is 32.5 Å². The van der Waals surface area contributed by atoms with E-state index in [2.05, 4.69) is 54.7 Å². The summed E-state index contributed by atoms with van der Waals surface area (Å²) in [5.41, 5.74) is 5.05. The van der Waals surface area contributed by atoms with Gasteiger partial charge in [-0.1, -0.05) is 55.1 Å². The first-order valence-electron chi connectivity index (χ1n) is 9.34. The molecule has 0 aliphatic carbocycles. The number of nitrogens with zero attached hydrogens (tertiary/aromatic N) is 2. The Kier molecular flexibility index (Phi) is 5.07. The summed E-state index contributed by atoms with van der Waals surface area (Å²) >= 11 is 8.12. The molecule has 1 aliphatic rings. The van der Waals surface area contributed by atoms with Crippen LogP contribution >= 0.6 is 22.9 Å². The SMILES string of the molecule is C=C1Nc2cc(C(/C(C)=C\C)=C(/C)Cl)sc2C(=C)N1c1cncc2ccccc12. The number of fused-ring (bicyclic) bond motifs is 2. The molecule has 1 N–H and O–H groups in total. The van der Waals surface area contributed by atoms with E-state index in [0.717, 1.165) is 59.6 Å². The maximum Gasteiger partial charge on any atom is 0.108 e. The Balaban J connectivity index is 1.83. The topological polar surface area (TPSA) is 28.2 Å². The number of hydrogen-bond acceptors (Lipinski definition) is 4. The number of aromatic nitrogens is 1. The lowest BCUT2D eigenvalue weighted by molar-refractivity contribution is 1.16. The second kappa shape index (κ2) is 7.54. The number of thiophene rings is 1. The summed E-state index contributed by atoms with van der Waals surface area (Å²) in [5, 5.41) is 6.40. The van der Waals surface area contributed by atoms with E-state index >= 15 is 0 Å². The van der Waals surface area contributed by atoms with Crippen LogP contribution in [-0.4, -0.2) is 4.98 Å². The summed E-state index contributed by atoms with van der Waals surface area (Å²) in [6.07, 6.45) is 5.81. The van der Waals surface area contributed by atoms with Gasteiger partial charge in [0.05, 0.1) is 28.1 Å². The van der Waals surface area contributed by atoms with E-state index in [-0.39, 0.29) is 0 Å². The van der Waals surface area contributed by atoms with Gasteiger partial charge >= 0.3 is 0 Å². The van der Waals surface area contributed by atoms with Crippen molar-refractivity contribution < 1.29 is 0 Å². The van der Waals surface area contributed by atoms with Crippen molar-refractivity contribution in [2.75, 3.05) is 10.2 Å². The zero-order chi connectivity index (χ0) is 20.7. The maximum absolute atomic E-state index is 6.44. The number of hydrogen-bond donors (Lipinski definition) is 1. The highest BCUT2D eigenvalue weighted by Gasteiger charge is 2.28. The number of benzene rings is 1. The third-order valence-corrected chi connectivity index (χ3v) is 6.51. The van der Waals surface area contributed by atoms with E-state index in [1.165, 1.54) is 0 Å². The summed E-state index contributed by atoms with van der Waals surface area (Å²) in [6, 6.07) is 10.3. The van der Waals surface area contributed by atoms with Crippen LogP contribution in [0.15, 0.2) is 78.4 Å². The van der Waals surface area contributed by atoms with E-state index in [0.29, 0.717) is 0 Å². The van der Waals surface area contributed by atoms with Gasteiger partial charge < -0.3 is 5.32 Å². The molecule has 29 heavy (non-hydrogen) atoms. The molecule has 5 heteroatoms. The first kappa shape index (κ1) is 19.5. The van der Waals surface area contributed by atoms with Gasteiger partial charge in [-0.25, -0.2) is 0 Å². The van der Waals surface area contributed by atoms with Gasteiger partial charge in [-0.2, -0.15) is 0 Å². The minimum Gasteiger partial charge on any atom is -0.341 e. The van der Waals surface area contributed by atoms with Crippen molar-refractivity contribution in [1.82, 2.24) is 4.98 Å². The maximum atomic E-state index is 6.44. The second-order valence-electron chi connectivity index (χ2n) is 6.97. The molecule has 3 nitrogen and oxygen atoms in total. The molecule has 4 rings (SSSR count). The molecule has 1 aromatic carbocycles. The number of anilines is 2. The second-order valence-corrected chi connectivity index (χ2v) is 8.59. The Morgan fingerprint density at radius 3 is 2.69 bits per heavy atom. The number of rotatable bonds is 3. The van der Waals surface area contributed by atoms with E-state index in [1.54, 1.807) is 11.3 Å². The average Bonchev–Trinajstić information content (AvgIpc) is 3.11. The third-order valence-electron chi connectivity index (χ3n) is 5.12. The van der Waals surface area contributed by atoms with E-state index in [9.17, 15) is 0 Å². The van der Waals surface area contributed by atoms with Crippen LogP contribution in [0.4, 0.5) is 11.4 Å². The predicted molar refractivity (Wildman–Crippen MR) is 128 cm³/mol. The summed E-state index contributed by atoms with van der Waals surface area (Å²) < 4.78 is 0. The quantitative estimate of drug-likeness (QED) is 0.443. The molecule has 0 amide bonds. The third kappa shape index (κ3) is 3.28. The Bertz CT molecular complexity index is 1210. The van der Waals surface area contributed by atoms with Crippen LogP contribution in [0.5, 0.6) is 0 Å². The number of allylic oxidation sites excluding steroid dienone is 4. The minimum absolute atomic E-state index is 0.751. The standard InChI is InChI=1S/C24H22ClN3S/c1-6-14(2)23(15(3)25)22-11-20-24(29-22)16(4)28(17(5)27-20)21-13-26-12-18-9-7-8-10-19(18)21/h6-13,27H,4-5H2,1-3H3/b14-6-,23-15-. The fourth-order valence-electron chi connectivity index (χ4n) is 3.65. The van der Waals surface area contributed by atoms with Gasteiger partial charge in [0.25, 0.3) is 0 Å². The molecule has 0 bridgehead atoms. The summed E-state index contributed by atoms with van der Waals surface area (Å²) in [5.74, 6) is 0.751. The Labute approximate surface area is 180 Å². The zero-order valence-electron chi connectivity index (χ0n) is 16.7. The molecule has 0 saturated heterocycles. The van der Waals surface area contributed by atoms with Crippen molar-refractivity contribution in [2.24, 2.45) is 0 Å². The predicted octanol–water partition coefficient (Wildman–Crippen LogP) is 7.61. The lowest BCUT2D eigenvalue weighted by Gasteiger charge is -2.33. The van der Waals surface area contributed by atoms with Gasteiger partial charge in [0.15, 0.2) is 0 Å². The van der Waals surface area contributed by atoms with E-state index < -0.39 is 0 Å². The van der Waals surface area contributed by atoms with Crippen LogP contribution in [-0.2, 0) is 0 Å². The van der Waals surface area contributed by atoms with Gasteiger partial charge in [-0.3, -0.25) is 9.88 Å². The Morgan fingerprint density at radius 1 is 1.21 bits per heavy atom. The van der Waals surface area contributed by atoms with E-state index in [4.69, 9.17) is 11.6 Å². The lowest BCUT2D eigenvalue weighted by Crippen LogP contribution is -2.28. The average molecular weight is 420 g/mol. The smallest absolute Gasteiger partial charge is 0.108 e. The monoisotopic (exact) mass is 419 g/mol. The Morgan fingerprint density at radius 2 is 1.97 bits per heavy atom. The highest BCUT2D eigenvalue weighted by Crippen LogP contribution is 2.46. The fraction of sp³-hybridized carbons (Fsp3) is 0.125. The van der Waals surface area contributed by atoms with Crippen molar-refractivity contribution in [1.29, 1.82) is 0 Å². The molecule has 3 heterocycles. The summed E-state index contributed by atoms with van der Waals surface area (Å²) in [4.78, 5) is 8.64. The molecule has 146 valence electrons. The first-order chi connectivity index (χ1) is 13.9. The van der Waals surface area contributed by atoms with Gasteiger partial charge in [0.1, 0.15) is 5.82 Å². The zero-order valence-corrected chi connectivity index (χ0v) is 18.3. The fourth-order valence-corrected chi connectivity index (χ4v) is 5.20. The molecule has 1 aliphatic heterocycles. The molecule has 3 aromatic rings. The van der Waals surface area contributed by atoms with Crippen molar-refractivity contribution in [2.45, 2.75) is 20.8 Å². The summed E-state index contributed by atoms with van der Waals surface area (Å²) in [7, 11) is 0. The van der Waals surface area contributed by atoms with Gasteiger partial charge in [0.2, 0.25) is 0 Å². The molecule has 0 saturated carbocycles. The number of halogens is 1. The Hall–Kier alpha value is -2.82. The molecule has 2 aromatic heterocycles. The number of pyridine rings is 1. The van der Waals surface area contributed by atoms with Crippen LogP contribution in [0, 0.1) is 0 Å². The first-order valence-corrected chi connectivity index (χ1v) is 10.5. The van der Waals surface area contributed by atoms with Crippen molar-refractivity contribution in [3.8, 4) is 0 Å². The van der Waals surface area contributed by atoms with Crippen molar-refractivity contribution in [3.05, 3.63) is 88.1 Å². The highest BCUT2D eigenvalue weighted by atomic mass is 35.5. The largest absolute Gasteiger partial charge is 0.341 e. The highest BCUT2D eigenvalue weighted by molar-refractivity contribution is 7.15. The molecule has 0 spiro atoms. The van der Waals surface area contributed by atoms with Gasteiger partial charge in [-0.15, -0.1) is 11.3 Å². The summed E-state index contributed by atoms with van der Waals surface area (Å²) in [6.45, 7) is 14.7. The molecule has 0 unspecified atom stereocenters. The van der Waals surface area contributed by atoms with Crippen LogP contribution in [0.25, 0.3) is 22.0 Å². The van der Waals surface area contributed by atoms with E-state index in [1.807, 2.05) is 43.3 Å². The normalized spacial score (nSPS) is 15.3. The lowest BCUT2D eigenvalue weighted by atomic mass is 10.1.